The molecule has 7 nitrogen and oxygen atoms in total. The average molecular weight is 604 g/mol. The van der Waals surface area contributed by atoms with Gasteiger partial charge in [0.1, 0.15) is 17.6 Å². The van der Waals surface area contributed by atoms with Crippen molar-refractivity contribution < 1.29 is 45.7 Å². The van der Waals surface area contributed by atoms with Crippen molar-refractivity contribution in [2.45, 2.75) is 43.6 Å². The molecule has 0 saturated heterocycles. The van der Waals surface area contributed by atoms with E-state index in [-0.39, 0.29) is 41.5 Å². The molecule has 1 N–H and O–H groups in total. The van der Waals surface area contributed by atoms with Crippen molar-refractivity contribution in [1.29, 1.82) is 0 Å². The molecule has 2 aliphatic rings. The fraction of sp³-hybridized carbons (Fsp3) is 0.300. The molecular formula is C30H23F6N3O4. The van der Waals surface area contributed by atoms with E-state index in [2.05, 4.69) is 10.1 Å². The molecule has 4 aromatic rings. The van der Waals surface area contributed by atoms with Crippen molar-refractivity contribution in [3.05, 3.63) is 82.7 Å². The Bertz CT molecular complexity index is 1710. The lowest BCUT2D eigenvalue weighted by Crippen LogP contribution is -2.10. The number of carboxylic acid groups (broad SMARTS) is 1. The van der Waals surface area contributed by atoms with Gasteiger partial charge in [0.2, 0.25) is 0 Å². The summed E-state index contributed by atoms with van der Waals surface area (Å²) in [5, 5.41) is 12.5. The number of carboxylic acids is 1. The monoisotopic (exact) mass is 603 g/mol. The van der Waals surface area contributed by atoms with E-state index >= 15 is 0 Å². The molecule has 2 atom stereocenters. The molecule has 3 aromatic carbocycles. The third kappa shape index (κ3) is 5.39. The number of aromatic nitrogens is 3. The van der Waals surface area contributed by atoms with Crippen LogP contribution >= 0.6 is 0 Å². The normalized spacial score (nSPS) is 17.8. The summed E-state index contributed by atoms with van der Waals surface area (Å²) in [6, 6.07) is 13.2. The average Bonchev–Trinajstić information content (AvgIpc) is 3.64. The van der Waals surface area contributed by atoms with E-state index in [0.29, 0.717) is 35.5 Å². The summed E-state index contributed by atoms with van der Waals surface area (Å²) in [4.78, 5) is 14.7. The third-order valence-corrected chi connectivity index (χ3v) is 7.67. The molecule has 0 amide bonds. The summed E-state index contributed by atoms with van der Waals surface area (Å²) in [6.07, 6.45) is -9.28. The molecular weight excluding hydrogens is 580 g/mol. The number of halogens is 6. The Morgan fingerprint density at radius 3 is 2.35 bits per heavy atom. The van der Waals surface area contributed by atoms with Gasteiger partial charge in [0, 0.05) is 30.2 Å². The number of hydrogen-bond donors (Lipinski definition) is 1. The van der Waals surface area contributed by atoms with Gasteiger partial charge in [0.05, 0.1) is 18.6 Å². The van der Waals surface area contributed by atoms with Crippen LogP contribution in [0.2, 0.25) is 0 Å². The van der Waals surface area contributed by atoms with Gasteiger partial charge >= 0.3 is 18.3 Å². The molecule has 2 heterocycles. The lowest BCUT2D eigenvalue weighted by molar-refractivity contribution is -0.145. The Kier molecular flexibility index (Phi) is 6.85. The van der Waals surface area contributed by atoms with E-state index in [1.54, 1.807) is 18.2 Å². The van der Waals surface area contributed by atoms with Gasteiger partial charge in [-0.2, -0.15) is 26.3 Å². The van der Waals surface area contributed by atoms with Gasteiger partial charge in [-0.25, -0.2) is 9.67 Å². The Morgan fingerprint density at radius 1 is 1.00 bits per heavy atom. The van der Waals surface area contributed by atoms with Crippen molar-refractivity contribution >= 4 is 5.97 Å². The Labute approximate surface area is 240 Å². The molecule has 1 aliphatic carbocycles. The van der Waals surface area contributed by atoms with Crippen molar-refractivity contribution in [3.63, 3.8) is 0 Å². The highest BCUT2D eigenvalue weighted by molar-refractivity contribution is 5.76. The molecule has 6 rings (SSSR count). The Morgan fingerprint density at radius 2 is 1.70 bits per heavy atom. The SMILES string of the molecule is Cn1nc(C(F)(F)F)nc1-c1ccc(-c2c(C(F)(F)F)ccc3c2CCC3Oc2ccc3c(c2)OCC3CC(=O)O)cc1. The van der Waals surface area contributed by atoms with Crippen LogP contribution in [0.15, 0.2) is 54.6 Å². The molecule has 1 aromatic heterocycles. The summed E-state index contributed by atoms with van der Waals surface area (Å²) in [5.41, 5.74) is 1.52. The first-order valence-electron chi connectivity index (χ1n) is 13.3. The number of aliphatic carboxylic acids is 1. The van der Waals surface area contributed by atoms with Gasteiger partial charge in [-0.15, -0.1) is 5.10 Å². The maximum atomic E-state index is 14.2. The van der Waals surface area contributed by atoms with Crippen LogP contribution in [0.25, 0.3) is 22.5 Å². The first-order chi connectivity index (χ1) is 20.3. The summed E-state index contributed by atoms with van der Waals surface area (Å²) >= 11 is 0. The lowest BCUT2D eigenvalue weighted by atomic mass is 9.91. The third-order valence-electron chi connectivity index (χ3n) is 7.67. The highest BCUT2D eigenvalue weighted by Crippen LogP contribution is 2.47. The van der Waals surface area contributed by atoms with Gasteiger partial charge in [-0.1, -0.05) is 36.4 Å². The van der Waals surface area contributed by atoms with Crippen LogP contribution in [0.4, 0.5) is 26.3 Å². The minimum atomic E-state index is -4.74. The molecule has 0 fully saturated rings. The molecule has 0 radical (unpaired) electrons. The molecule has 1 aliphatic heterocycles. The number of alkyl halides is 6. The minimum absolute atomic E-state index is 0.00889. The molecule has 0 spiro atoms. The summed E-state index contributed by atoms with van der Waals surface area (Å²) in [5.74, 6) is -1.63. The van der Waals surface area contributed by atoms with Gasteiger partial charge in [0.25, 0.3) is 5.82 Å². The smallest absolute Gasteiger partial charge is 0.453 e. The van der Waals surface area contributed by atoms with Gasteiger partial charge in [-0.3, -0.25) is 4.79 Å². The highest BCUT2D eigenvalue weighted by atomic mass is 19.4. The quantitative estimate of drug-likeness (QED) is 0.235. The summed E-state index contributed by atoms with van der Waals surface area (Å²) in [6.45, 7) is 0.236. The van der Waals surface area contributed by atoms with Crippen LogP contribution < -0.4 is 9.47 Å². The standard InChI is InChI=1S/C30H23F6N3O4/c1-39-27(37-28(38-39)30(34,35)36)16-4-2-15(3-5-16)26-21-9-11-23(20(21)8-10-22(26)29(31,32)33)43-18-6-7-19-17(12-25(40)41)14-42-24(19)13-18/h2-8,10,13,17,23H,9,11-12,14H2,1H3,(H,40,41). The number of benzene rings is 3. The molecule has 0 bridgehead atoms. The van der Waals surface area contributed by atoms with Crippen molar-refractivity contribution in [3.8, 4) is 34.0 Å². The van der Waals surface area contributed by atoms with Crippen LogP contribution in [0.1, 0.15) is 52.9 Å². The number of nitrogens with zero attached hydrogens (tertiary/aromatic N) is 3. The lowest BCUT2D eigenvalue weighted by Gasteiger charge is -2.20. The van der Waals surface area contributed by atoms with E-state index in [4.69, 9.17) is 14.6 Å². The maximum absolute atomic E-state index is 14.2. The number of carbonyl (C=O) groups is 1. The molecule has 13 heteroatoms. The van der Waals surface area contributed by atoms with Crippen molar-refractivity contribution in [1.82, 2.24) is 14.8 Å². The second-order valence-electron chi connectivity index (χ2n) is 10.5. The predicted octanol–water partition coefficient (Wildman–Crippen LogP) is 7.20. The second-order valence-corrected chi connectivity index (χ2v) is 10.5. The topological polar surface area (TPSA) is 86.5 Å². The van der Waals surface area contributed by atoms with Crippen LogP contribution in [0.5, 0.6) is 11.5 Å². The van der Waals surface area contributed by atoms with Gasteiger partial charge in [-0.05, 0) is 47.2 Å². The fourth-order valence-electron chi connectivity index (χ4n) is 5.77. The van der Waals surface area contributed by atoms with Crippen molar-refractivity contribution in [2.24, 2.45) is 7.05 Å². The number of fused-ring (bicyclic) bond motifs is 2. The molecule has 0 saturated carbocycles. The second kappa shape index (κ2) is 10.3. The van der Waals surface area contributed by atoms with Gasteiger partial charge < -0.3 is 14.6 Å². The van der Waals surface area contributed by atoms with E-state index < -0.39 is 35.8 Å². The zero-order chi connectivity index (χ0) is 30.7. The molecule has 43 heavy (non-hydrogen) atoms. The molecule has 2 unspecified atom stereocenters. The van der Waals surface area contributed by atoms with Crippen LogP contribution in [-0.2, 0) is 30.6 Å². The van der Waals surface area contributed by atoms with E-state index in [9.17, 15) is 31.1 Å². The van der Waals surface area contributed by atoms with Crippen LogP contribution in [-0.4, -0.2) is 32.4 Å². The Balaban J connectivity index is 1.31. The Hall–Kier alpha value is -4.55. The summed E-state index contributed by atoms with van der Waals surface area (Å²) < 4.78 is 94.6. The largest absolute Gasteiger partial charge is 0.492 e. The summed E-state index contributed by atoms with van der Waals surface area (Å²) in [7, 11) is 1.30. The first-order valence-corrected chi connectivity index (χ1v) is 13.3. The maximum Gasteiger partial charge on any atom is 0.453 e. The van der Waals surface area contributed by atoms with Crippen LogP contribution in [0, 0.1) is 0 Å². The number of aryl methyl sites for hydroxylation is 1. The predicted molar refractivity (Wildman–Crippen MR) is 140 cm³/mol. The molecule has 224 valence electrons. The first kappa shape index (κ1) is 28.6. The number of ether oxygens (including phenoxy) is 2. The zero-order valence-electron chi connectivity index (χ0n) is 22.5. The van der Waals surface area contributed by atoms with E-state index in [1.807, 2.05) is 0 Å². The fourth-order valence-corrected chi connectivity index (χ4v) is 5.77. The number of rotatable bonds is 6. The van der Waals surface area contributed by atoms with Gasteiger partial charge in [0.15, 0.2) is 5.82 Å². The number of hydrogen-bond acceptors (Lipinski definition) is 5. The zero-order valence-corrected chi connectivity index (χ0v) is 22.5. The highest BCUT2D eigenvalue weighted by Gasteiger charge is 2.39. The van der Waals surface area contributed by atoms with E-state index in [1.165, 1.54) is 37.4 Å². The minimum Gasteiger partial charge on any atom is -0.492 e. The van der Waals surface area contributed by atoms with Crippen molar-refractivity contribution in [2.75, 3.05) is 6.61 Å². The van der Waals surface area contributed by atoms with E-state index in [0.717, 1.165) is 16.3 Å². The van der Waals surface area contributed by atoms with Crippen LogP contribution in [0.3, 0.4) is 0 Å².